The fourth-order valence-electron chi connectivity index (χ4n) is 3.08. The zero-order valence-corrected chi connectivity index (χ0v) is 13.2. The Balaban J connectivity index is 2.45. The van der Waals surface area contributed by atoms with Gasteiger partial charge in [-0.1, -0.05) is 20.3 Å². The molecular weight excluding hydrogens is 234 g/mol. The van der Waals surface area contributed by atoms with E-state index in [1.54, 1.807) is 0 Å². The second-order valence-corrected chi connectivity index (χ2v) is 6.31. The molecule has 0 aromatic rings. The van der Waals surface area contributed by atoms with Crippen molar-refractivity contribution in [2.24, 2.45) is 5.92 Å². The van der Waals surface area contributed by atoms with Gasteiger partial charge in [0.2, 0.25) is 0 Å². The van der Waals surface area contributed by atoms with Crippen molar-refractivity contribution in [3.8, 4) is 6.07 Å². The van der Waals surface area contributed by atoms with Gasteiger partial charge in [0.25, 0.3) is 0 Å². The first-order valence-corrected chi connectivity index (χ1v) is 7.95. The summed E-state index contributed by atoms with van der Waals surface area (Å²) in [7, 11) is 0. The maximum Gasteiger partial charge on any atom is 0.105 e. The van der Waals surface area contributed by atoms with Crippen LogP contribution in [0, 0.1) is 17.2 Å². The summed E-state index contributed by atoms with van der Waals surface area (Å²) < 4.78 is 0. The van der Waals surface area contributed by atoms with E-state index >= 15 is 0 Å². The van der Waals surface area contributed by atoms with Gasteiger partial charge in [-0.3, -0.25) is 5.32 Å². The van der Waals surface area contributed by atoms with Gasteiger partial charge in [-0.05, 0) is 65.1 Å². The van der Waals surface area contributed by atoms with E-state index in [0.29, 0.717) is 6.04 Å². The van der Waals surface area contributed by atoms with Gasteiger partial charge in [0, 0.05) is 6.04 Å². The molecule has 0 bridgehead atoms. The van der Waals surface area contributed by atoms with Gasteiger partial charge in [0.15, 0.2) is 0 Å². The first-order chi connectivity index (χ1) is 9.04. The lowest BCUT2D eigenvalue weighted by molar-refractivity contribution is 0.121. The molecule has 0 aromatic carbocycles. The predicted molar refractivity (Wildman–Crippen MR) is 81.0 cm³/mol. The number of piperidine rings is 1. The summed E-state index contributed by atoms with van der Waals surface area (Å²) in [6.45, 7) is 12.1. The lowest BCUT2D eigenvalue weighted by atomic mass is 9.90. The SMILES string of the molecule is CCCNC(C)(C#N)CC(C)N1CCC(CC)CC1. The van der Waals surface area contributed by atoms with Crippen LogP contribution in [-0.4, -0.2) is 36.1 Å². The number of hydrogen-bond donors (Lipinski definition) is 1. The van der Waals surface area contributed by atoms with Gasteiger partial charge in [-0.15, -0.1) is 0 Å². The minimum Gasteiger partial charge on any atom is -0.301 e. The molecule has 3 heteroatoms. The smallest absolute Gasteiger partial charge is 0.105 e. The van der Waals surface area contributed by atoms with Crippen LogP contribution in [0.4, 0.5) is 0 Å². The van der Waals surface area contributed by atoms with Crippen molar-refractivity contribution < 1.29 is 0 Å². The van der Waals surface area contributed by atoms with Crippen LogP contribution in [0.1, 0.15) is 59.8 Å². The molecule has 1 heterocycles. The Bertz CT molecular complexity index is 289. The van der Waals surface area contributed by atoms with Gasteiger partial charge in [-0.2, -0.15) is 5.26 Å². The normalized spacial score (nSPS) is 22.7. The van der Waals surface area contributed by atoms with E-state index in [0.717, 1.165) is 25.3 Å². The summed E-state index contributed by atoms with van der Waals surface area (Å²) in [5, 5.41) is 12.8. The van der Waals surface area contributed by atoms with Gasteiger partial charge < -0.3 is 4.90 Å². The number of likely N-dealkylation sites (tertiary alicyclic amines) is 1. The van der Waals surface area contributed by atoms with Crippen molar-refractivity contribution in [3.63, 3.8) is 0 Å². The first-order valence-electron chi connectivity index (χ1n) is 7.95. The van der Waals surface area contributed by atoms with Crippen LogP contribution in [0.25, 0.3) is 0 Å². The van der Waals surface area contributed by atoms with E-state index in [2.05, 4.69) is 37.1 Å². The van der Waals surface area contributed by atoms with Crippen molar-refractivity contribution in [2.75, 3.05) is 19.6 Å². The highest BCUT2D eigenvalue weighted by atomic mass is 15.2. The van der Waals surface area contributed by atoms with Crippen LogP contribution < -0.4 is 5.32 Å². The van der Waals surface area contributed by atoms with E-state index in [-0.39, 0.29) is 5.54 Å². The van der Waals surface area contributed by atoms with Crippen LogP contribution >= 0.6 is 0 Å². The van der Waals surface area contributed by atoms with E-state index in [1.807, 2.05) is 6.92 Å². The maximum atomic E-state index is 9.41. The highest BCUT2D eigenvalue weighted by Crippen LogP contribution is 2.24. The number of nitrogens with zero attached hydrogens (tertiary/aromatic N) is 2. The summed E-state index contributed by atoms with van der Waals surface area (Å²) in [6, 6.07) is 2.96. The number of nitrogens with one attached hydrogen (secondary N) is 1. The molecular formula is C16H31N3. The molecule has 2 atom stereocenters. The Kier molecular flexibility index (Phi) is 6.82. The van der Waals surface area contributed by atoms with Crippen molar-refractivity contribution in [2.45, 2.75) is 71.4 Å². The monoisotopic (exact) mass is 265 g/mol. The molecule has 0 aliphatic carbocycles. The molecule has 0 spiro atoms. The maximum absolute atomic E-state index is 9.41. The fraction of sp³-hybridized carbons (Fsp3) is 0.938. The number of nitriles is 1. The van der Waals surface area contributed by atoms with E-state index in [4.69, 9.17) is 0 Å². The Morgan fingerprint density at radius 1 is 1.37 bits per heavy atom. The third-order valence-corrected chi connectivity index (χ3v) is 4.57. The summed E-state index contributed by atoms with van der Waals surface area (Å²) >= 11 is 0. The van der Waals surface area contributed by atoms with Gasteiger partial charge in [0.1, 0.15) is 5.54 Å². The molecule has 1 N–H and O–H groups in total. The second-order valence-electron chi connectivity index (χ2n) is 6.31. The summed E-state index contributed by atoms with van der Waals surface area (Å²) in [6.07, 6.45) is 5.96. The first kappa shape index (κ1) is 16.5. The Morgan fingerprint density at radius 3 is 2.47 bits per heavy atom. The average Bonchev–Trinajstić information content (AvgIpc) is 2.45. The molecule has 0 saturated carbocycles. The lowest BCUT2D eigenvalue weighted by Gasteiger charge is -2.38. The van der Waals surface area contributed by atoms with Crippen molar-refractivity contribution in [3.05, 3.63) is 0 Å². The largest absolute Gasteiger partial charge is 0.301 e. The van der Waals surface area contributed by atoms with Crippen molar-refractivity contribution >= 4 is 0 Å². The molecule has 1 aliphatic heterocycles. The van der Waals surface area contributed by atoms with Crippen LogP contribution in [0.2, 0.25) is 0 Å². The van der Waals surface area contributed by atoms with Crippen LogP contribution in [0.5, 0.6) is 0 Å². The summed E-state index contributed by atoms with van der Waals surface area (Å²) in [5.74, 6) is 0.920. The zero-order chi connectivity index (χ0) is 14.3. The summed E-state index contributed by atoms with van der Waals surface area (Å²) in [4.78, 5) is 2.56. The molecule has 2 unspecified atom stereocenters. The third kappa shape index (κ3) is 5.12. The molecule has 1 fully saturated rings. The van der Waals surface area contributed by atoms with Crippen LogP contribution in [-0.2, 0) is 0 Å². The Labute approximate surface area is 119 Å². The Hall–Kier alpha value is -0.590. The number of hydrogen-bond acceptors (Lipinski definition) is 3. The third-order valence-electron chi connectivity index (χ3n) is 4.57. The van der Waals surface area contributed by atoms with Gasteiger partial charge in [0.05, 0.1) is 6.07 Å². The van der Waals surface area contributed by atoms with E-state index in [9.17, 15) is 5.26 Å². The molecule has 0 radical (unpaired) electrons. The lowest BCUT2D eigenvalue weighted by Crippen LogP contribution is -2.49. The van der Waals surface area contributed by atoms with E-state index < -0.39 is 0 Å². The summed E-state index contributed by atoms with van der Waals surface area (Å²) in [5.41, 5.74) is -0.378. The molecule has 1 aliphatic rings. The zero-order valence-electron chi connectivity index (χ0n) is 13.2. The predicted octanol–water partition coefficient (Wildman–Crippen LogP) is 3.17. The topological polar surface area (TPSA) is 39.1 Å². The molecule has 3 nitrogen and oxygen atoms in total. The van der Waals surface area contributed by atoms with Crippen molar-refractivity contribution in [1.82, 2.24) is 10.2 Å². The van der Waals surface area contributed by atoms with Gasteiger partial charge >= 0.3 is 0 Å². The molecule has 1 rings (SSSR count). The average molecular weight is 265 g/mol. The van der Waals surface area contributed by atoms with Crippen LogP contribution in [0.15, 0.2) is 0 Å². The van der Waals surface area contributed by atoms with Crippen molar-refractivity contribution in [1.29, 1.82) is 5.26 Å². The number of rotatable bonds is 7. The second kappa shape index (κ2) is 7.87. The van der Waals surface area contributed by atoms with Crippen LogP contribution in [0.3, 0.4) is 0 Å². The minimum absolute atomic E-state index is 0.378. The molecule has 19 heavy (non-hydrogen) atoms. The molecule has 110 valence electrons. The highest BCUT2D eigenvalue weighted by molar-refractivity contribution is 5.05. The molecule has 1 saturated heterocycles. The van der Waals surface area contributed by atoms with Gasteiger partial charge in [-0.25, -0.2) is 0 Å². The molecule has 0 aromatic heterocycles. The molecule has 0 amide bonds. The Morgan fingerprint density at radius 2 is 2.00 bits per heavy atom. The fourth-order valence-corrected chi connectivity index (χ4v) is 3.08. The standard InChI is InChI=1S/C16H31N3/c1-5-9-18-16(4,13-17)12-14(3)19-10-7-15(6-2)8-11-19/h14-15,18H,5-12H2,1-4H3. The quantitative estimate of drug-likeness (QED) is 0.768. The van der Waals surface area contributed by atoms with E-state index in [1.165, 1.54) is 32.4 Å². The highest BCUT2D eigenvalue weighted by Gasteiger charge is 2.29. The minimum atomic E-state index is -0.378.